The Morgan fingerprint density at radius 1 is 0.649 bits per heavy atom. The Labute approximate surface area is 210 Å². The van der Waals surface area contributed by atoms with Crippen LogP contribution in [0.15, 0.2) is 88.7 Å². The van der Waals surface area contributed by atoms with Gasteiger partial charge in [0.05, 0.1) is 15.5 Å². The van der Waals surface area contributed by atoms with Crippen LogP contribution in [0, 0.1) is 0 Å². The number of phenolic OH excluding ortho intramolecular Hbond substituents is 1. The number of anilines is 2. The summed E-state index contributed by atoms with van der Waals surface area (Å²) >= 11 is 0. The fraction of sp³-hybridized carbons (Fsp3) is 0. The SMILES string of the molecule is O=C(Nc1ccc(C(=O)Nc2cc(S(=O)(=O)O)cc3cc(S(=O)(=O)O)cc(O)c23)cc1)c1ccccc1. The molecule has 0 atom stereocenters. The molecule has 11 nitrogen and oxygen atoms in total. The van der Waals surface area contributed by atoms with Crippen molar-refractivity contribution in [3.8, 4) is 5.75 Å². The first kappa shape index (κ1) is 25.8. The minimum absolute atomic E-state index is 0.0946. The lowest BCUT2D eigenvalue weighted by Crippen LogP contribution is -2.14. The summed E-state index contributed by atoms with van der Waals surface area (Å²) in [5.41, 5.74) is 0.680. The number of benzene rings is 4. The van der Waals surface area contributed by atoms with E-state index in [1.54, 1.807) is 30.3 Å². The monoisotopic (exact) mass is 542 g/mol. The summed E-state index contributed by atoms with van der Waals surface area (Å²) in [4.78, 5) is 23.8. The van der Waals surface area contributed by atoms with Crippen LogP contribution >= 0.6 is 0 Å². The molecule has 0 saturated heterocycles. The third-order valence-electron chi connectivity index (χ3n) is 5.26. The number of rotatable bonds is 6. The number of phenols is 1. The van der Waals surface area contributed by atoms with E-state index in [0.29, 0.717) is 11.3 Å². The summed E-state index contributed by atoms with van der Waals surface area (Å²) in [6.07, 6.45) is 0. The van der Waals surface area contributed by atoms with Crippen LogP contribution in [0.1, 0.15) is 20.7 Å². The zero-order valence-corrected chi connectivity index (χ0v) is 20.2. The highest BCUT2D eigenvalue weighted by Crippen LogP contribution is 2.37. The van der Waals surface area contributed by atoms with Crippen molar-refractivity contribution in [3.63, 3.8) is 0 Å². The number of amides is 2. The Balaban J connectivity index is 1.66. The molecule has 190 valence electrons. The molecule has 4 rings (SSSR count). The molecule has 0 spiro atoms. The predicted octanol–water partition coefficient (Wildman–Crippen LogP) is 3.54. The van der Waals surface area contributed by atoms with Crippen molar-refractivity contribution in [1.29, 1.82) is 0 Å². The second kappa shape index (κ2) is 9.63. The molecule has 0 bridgehead atoms. The molecule has 2 amide bonds. The first-order valence-electron chi connectivity index (χ1n) is 10.4. The quantitative estimate of drug-likeness (QED) is 0.227. The first-order valence-corrected chi connectivity index (χ1v) is 13.2. The maximum absolute atomic E-state index is 12.9. The molecule has 0 unspecified atom stereocenters. The maximum Gasteiger partial charge on any atom is 0.294 e. The van der Waals surface area contributed by atoms with Crippen LogP contribution in [0.3, 0.4) is 0 Å². The molecule has 0 radical (unpaired) electrons. The van der Waals surface area contributed by atoms with Gasteiger partial charge in [0.2, 0.25) is 0 Å². The van der Waals surface area contributed by atoms with Gasteiger partial charge in [-0.1, -0.05) is 18.2 Å². The summed E-state index contributed by atoms with van der Waals surface area (Å²) < 4.78 is 65.4. The van der Waals surface area contributed by atoms with Gasteiger partial charge in [0.25, 0.3) is 32.1 Å². The van der Waals surface area contributed by atoms with E-state index >= 15 is 0 Å². The number of aromatic hydroxyl groups is 1. The van der Waals surface area contributed by atoms with E-state index in [1.807, 2.05) is 0 Å². The molecule has 13 heteroatoms. The molecule has 0 saturated carbocycles. The number of carbonyl (C=O) groups excluding carboxylic acids is 2. The van der Waals surface area contributed by atoms with E-state index in [2.05, 4.69) is 10.6 Å². The van der Waals surface area contributed by atoms with E-state index in [9.17, 15) is 40.6 Å². The molecule has 4 aromatic rings. The molecular formula is C24H18N2O9S2. The summed E-state index contributed by atoms with van der Waals surface area (Å²) in [7, 11) is -9.57. The first-order chi connectivity index (χ1) is 17.3. The molecule has 0 aliphatic rings. The average molecular weight is 543 g/mol. The highest BCUT2D eigenvalue weighted by Gasteiger charge is 2.21. The highest BCUT2D eigenvalue weighted by atomic mass is 32.2. The topological polar surface area (TPSA) is 187 Å². The molecule has 0 aliphatic heterocycles. The van der Waals surface area contributed by atoms with Crippen molar-refractivity contribution in [3.05, 3.63) is 90.0 Å². The Morgan fingerprint density at radius 2 is 1.16 bits per heavy atom. The van der Waals surface area contributed by atoms with Crippen molar-refractivity contribution >= 4 is 54.2 Å². The number of hydrogen-bond acceptors (Lipinski definition) is 7. The Morgan fingerprint density at radius 3 is 1.73 bits per heavy atom. The minimum atomic E-state index is -4.80. The van der Waals surface area contributed by atoms with Gasteiger partial charge in [-0.25, -0.2) is 0 Å². The zero-order valence-electron chi connectivity index (χ0n) is 18.6. The van der Waals surface area contributed by atoms with Gasteiger partial charge in [0, 0.05) is 28.3 Å². The molecule has 37 heavy (non-hydrogen) atoms. The molecule has 0 aromatic heterocycles. The third kappa shape index (κ3) is 5.76. The fourth-order valence-electron chi connectivity index (χ4n) is 3.53. The van der Waals surface area contributed by atoms with Gasteiger partial charge in [-0.05, 0) is 60.0 Å². The van der Waals surface area contributed by atoms with Crippen LogP contribution in [0.4, 0.5) is 11.4 Å². The molecule has 5 N–H and O–H groups in total. The Hall–Kier alpha value is -4.30. The summed E-state index contributed by atoms with van der Waals surface area (Å²) in [5.74, 6) is -1.78. The van der Waals surface area contributed by atoms with E-state index in [-0.39, 0.29) is 27.9 Å². The lowest BCUT2D eigenvalue weighted by atomic mass is 10.1. The van der Waals surface area contributed by atoms with Crippen LogP contribution in [-0.2, 0) is 20.2 Å². The minimum Gasteiger partial charge on any atom is -0.507 e. The van der Waals surface area contributed by atoms with Crippen LogP contribution in [0.2, 0.25) is 0 Å². The Kier molecular flexibility index (Phi) is 6.71. The standard InChI is InChI=1S/C24H18N2O9S2/c27-21-13-19(37(33,34)35)11-16-10-18(36(30,31)32)12-20(22(16)21)26-24(29)15-6-8-17(9-7-15)25-23(28)14-4-2-1-3-5-14/h1-13,27H,(H,25,28)(H,26,29)(H,30,31,32)(H,33,34,35). The molecular weight excluding hydrogens is 524 g/mol. The molecule has 0 heterocycles. The van der Waals surface area contributed by atoms with E-state index < -0.39 is 41.7 Å². The molecule has 4 aromatic carbocycles. The van der Waals surface area contributed by atoms with Gasteiger partial charge in [-0.2, -0.15) is 16.8 Å². The van der Waals surface area contributed by atoms with Crippen molar-refractivity contribution in [2.45, 2.75) is 9.79 Å². The lowest BCUT2D eigenvalue weighted by molar-refractivity contribution is 0.102. The zero-order chi connectivity index (χ0) is 27.0. The largest absolute Gasteiger partial charge is 0.507 e. The second-order valence-electron chi connectivity index (χ2n) is 7.81. The van der Waals surface area contributed by atoms with Crippen LogP contribution in [0.5, 0.6) is 5.75 Å². The van der Waals surface area contributed by atoms with Crippen LogP contribution in [0.25, 0.3) is 10.8 Å². The molecule has 0 fully saturated rings. The van der Waals surface area contributed by atoms with Gasteiger partial charge >= 0.3 is 0 Å². The predicted molar refractivity (Wildman–Crippen MR) is 134 cm³/mol. The van der Waals surface area contributed by atoms with Crippen molar-refractivity contribution in [2.24, 2.45) is 0 Å². The van der Waals surface area contributed by atoms with E-state index in [0.717, 1.165) is 24.3 Å². The summed E-state index contributed by atoms with van der Waals surface area (Å²) in [6.45, 7) is 0. The van der Waals surface area contributed by atoms with Gasteiger partial charge < -0.3 is 15.7 Å². The van der Waals surface area contributed by atoms with Gasteiger partial charge in [-0.3, -0.25) is 18.7 Å². The average Bonchev–Trinajstić information content (AvgIpc) is 2.83. The number of carbonyl (C=O) groups is 2. The summed E-state index contributed by atoms with van der Waals surface area (Å²) in [6, 6.07) is 17.5. The fourth-order valence-corrected chi connectivity index (χ4v) is 4.61. The second-order valence-corrected chi connectivity index (χ2v) is 10.7. The van der Waals surface area contributed by atoms with E-state index in [4.69, 9.17) is 0 Å². The Bertz CT molecular complexity index is 1750. The van der Waals surface area contributed by atoms with Crippen molar-refractivity contribution < 1.29 is 40.6 Å². The van der Waals surface area contributed by atoms with Gasteiger partial charge in [-0.15, -0.1) is 0 Å². The lowest BCUT2D eigenvalue weighted by Gasteiger charge is -2.13. The van der Waals surface area contributed by atoms with Crippen molar-refractivity contribution in [2.75, 3.05) is 10.6 Å². The number of hydrogen-bond donors (Lipinski definition) is 5. The van der Waals surface area contributed by atoms with Crippen LogP contribution in [-0.4, -0.2) is 42.9 Å². The van der Waals surface area contributed by atoms with Gasteiger partial charge in [0.15, 0.2) is 0 Å². The normalized spacial score (nSPS) is 11.7. The van der Waals surface area contributed by atoms with Crippen molar-refractivity contribution in [1.82, 2.24) is 0 Å². The maximum atomic E-state index is 12.9. The smallest absolute Gasteiger partial charge is 0.294 e. The number of fused-ring (bicyclic) bond motifs is 1. The highest BCUT2D eigenvalue weighted by molar-refractivity contribution is 7.86. The number of nitrogens with one attached hydrogen (secondary N) is 2. The van der Waals surface area contributed by atoms with E-state index in [1.165, 1.54) is 24.3 Å². The van der Waals surface area contributed by atoms with Gasteiger partial charge in [0.1, 0.15) is 5.75 Å². The third-order valence-corrected chi connectivity index (χ3v) is 6.92. The summed E-state index contributed by atoms with van der Waals surface area (Å²) in [5, 5.41) is 15.2. The van der Waals surface area contributed by atoms with Crippen LogP contribution < -0.4 is 10.6 Å². The molecule has 0 aliphatic carbocycles.